The van der Waals surface area contributed by atoms with Crippen LogP contribution in [-0.2, 0) is 11.3 Å². The second kappa shape index (κ2) is 7.03. The van der Waals surface area contributed by atoms with Crippen LogP contribution in [0.2, 0.25) is 0 Å². The Morgan fingerprint density at radius 1 is 1.65 bits per heavy atom. The molecule has 2 N–H and O–H groups in total. The molecule has 6 nitrogen and oxygen atoms in total. The number of methoxy groups -OCH3 is 1. The zero-order chi connectivity index (χ0) is 12.7. The summed E-state index contributed by atoms with van der Waals surface area (Å²) < 4.78 is 6.58. The molecule has 17 heavy (non-hydrogen) atoms. The molecule has 1 heterocycles. The van der Waals surface area contributed by atoms with Gasteiger partial charge in [0.05, 0.1) is 12.6 Å². The van der Waals surface area contributed by atoms with Crippen LogP contribution in [0.1, 0.15) is 13.3 Å². The Kier molecular flexibility index (Phi) is 5.65. The van der Waals surface area contributed by atoms with E-state index in [4.69, 9.17) is 9.84 Å². The zero-order valence-electron chi connectivity index (χ0n) is 10.2. The van der Waals surface area contributed by atoms with Gasteiger partial charge in [0.1, 0.15) is 0 Å². The van der Waals surface area contributed by atoms with E-state index in [-0.39, 0.29) is 18.2 Å². The van der Waals surface area contributed by atoms with Gasteiger partial charge in [-0.1, -0.05) is 0 Å². The number of hydrogen-bond acceptors (Lipinski definition) is 5. The molecule has 6 heteroatoms. The fraction of sp³-hybridized carbons (Fsp3) is 0.636. The van der Waals surface area contributed by atoms with E-state index in [0.717, 1.165) is 0 Å². The Balaban J connectivity index is 2.81. The molecule has 1 atom stereocenters. The monoisotopic (exact) mass is 241 g/mol. The molecule has 0 aliphatic rings. The van der Waals surface area contributed by atoms with Crippen LogP contribution in [0.3, 0.4) is 0 Å². The van der Waals surface area contributed by atoms with Gasteiger partial charge in [-0.15, -0.1) is 0 Å². The third kappa shape index (κ3) is 3.83. The number of aliphatic hydroxyl groups is 1. The molecule has 0 fully saturated rings. The average Bonchev–Trinajstić information content (AvgIpc) is 2.32. The fourth-order valence-electron chi connectivity index (χ4n) is 1.54. The summed E-state index contributed by atoms with van der Waals surface area (Å²) in [6.45, 7) is 2.95. The van der Waals surface area contributed by atoms with E-state index in [0.29, 0.717) is 25.4 Å². The van der Waals surface area contributed by atoms with Crippen molar-refractivity contribution in [3.05, 3.63) is 22.7 Å². The van der Waals surface area contributed by atoms with E-state index < -0.39 is 0 Å². The summed E-state index contributed by atoms with van der Waals surface area (Å²) in [4.78, 5) is 15.9. The average molecular weight is 241 g/mol. The molecular weight excluding hydrogens is 222 g/mol. The topological polar surface area (TPSA) is 76.4 Å². The largest absolute Gasteiger partial charge is 0.396 e. The van der Waals surface area contributed by atoms with Crippen LogP contribution in [0.15, 0.2) is 17.2 Å². The van der Waals surface area contributed by atoms with Crippen LogP contribution < -0.4 is 10.9 Å². The summed E-state index contributed by atoms with van der Waals surface area (Å²) in [5.74, 6) is 0.296. The molecule has 0 spiro atoms. The van der Waals surface area contributed by atoms with Crippen molar-refractivity contribution in [2.24, 2.45) is 0 Å². The second-order valence-electron chi connectivity index (χ2n) is 3.68. The number of ether oxygens (including phenoxy) is 1. The lowest BCUT2D eigenvalue weighted by atomic mass is 10.2. The molecular formula is C11H19N3O3. The molecule has 96 valence electrons. The zero-order valence-corrected chi connectivity index (χ0v) is 10.2. The van der Waals surface area contributed by atoms with Gasteiger partial charge in [-0.3, -0.25) is 4.79 Å². The van der Waals surface area contributed by atoms with E-state index >= 15 is 0 Å². The highest BCUT2D eigenvalue weighted by Crippen LogP contribution is 2.01. The number of anilines is 1. The van der Waals surface area contributed by atoms with Crippen molar-refractivity contribution in [1.29, 1.82) is 0 Å². The highest BCUT2D eigenvalue weighted by atomic mass is 16.5. The van der Waals surface area contributed by atoms with Crippen molar-refractivity contribution < 1.29 is 9.84 Å². The minimum Gasteiger partial charge on any atom is -0.396 e. The molecule has 1 rings (SSSR count). The number of nitrogens with zero attached hydrogens (tertiary/aromatic N) is 2. The number of aromatic nitrogens is 2. The molecule has 0 saturated heterocycles. The van der Waals surface area contributed by atoms with Gasteiger partial charge in [0.15, 0.2) is 5.82 Å². The number of hydrogen-bond donors (Lipinski definition) is 2. The molecule has 1 aromatic heterocycles. The van der Waals surface area contributed by atoms with Gasteiger partial charge in [0, 0.05) is 32.7 Å². The molecule has 0 bridgehead atoms. The van der Waals surface area contributed by atoms with E-state index in [2.05, 4.69) is 10.3 Å². The molecule has 1 unspecified atom stereocenters. The first-order valence-corrected chi connectivity index (χ1v) is 5.64. The molecule has 0 amide bonds. The van der Waals surface area contributed by atoms with E-state index in [1.807, 2.05) is 6.92 Å². The fourth-order valence-corrected chi connectivity index (χ4v) is 1.54. The molecule has 0 aliphatic heterocycles. The van der Waals surface area contributed by atoms with Crippen molar-refractivity contribution in [2.45, 2.75) is 25.9 Å². The highest BCUT2D eigenvalue weighted by molar-refractivity contribution is 5.32. The van der Waals surface area contributed by atoms with Crippen molar-refractivity contribution in [2.75, 3.05) is 25.6 Å². The predicted octanol–water partition coefficient (Wildman–Crippen LogP) is 0.0725. The second-order valence-corrected chi connectivity index (χ2v) is 3.68. The van der Waals surface area contributed by atoms with Crippen molar-refractivity contribution in [3.63, 3.8) is 0 Å². The third-order valence-corrected chi connectivity index (χ3v) is 2.44. The summed E-state index contributed by atoms with van der Waals surface area (Å²) >= 11 is 0. The lowest BCUT2D eigenvalue weighted by Gasteiger charge is -2.17. The molecule has 0 saturated carbocycles. The summed E-state index contributed by atoms with van der Waals surface area (Å²) in [5.41, 5.74) is -0.158. The number of aryl methyl sites for hydroxylation is 1. The summed E-state index contributed by atoms with van der Waals surface area (Å²) in [6.07, 6.45) is 3.73. The Morgan fingerprint density at radius 2 is 2.41 bits per heavy atom. The summed E-state index contributed by atoms with van der Waals surface area (Å²) in [6, 6.07) is -0.113. The lowest BCUT2D eigenvalue weighted by Crippen LogP contribution is -2.32. The van der Waals surface area contributed by atoms with E-state index in [1.165, 1.54) is 0 Å². The molecule has 0 radical (unpaired) electrons. The predicted molar refractivity (Wildman–Crippen MR) is 65.2 cm³/mol. The van der Waals surface area contributed by atoms with Gasteiger partial charge in [0.25, 0.3) is 5.56 Å². The molecule has 0 aliphatic carbocycles. The van der Waals surface area contributed by atoms with Gasteiger partial charge >= 0.3 is 0 Å². The SMILES string of the molecule is CCn1ccnc(NC(CCO)COC)c1=O. The number of nitrogens with one attached hydrogen (secondary N) is 1. The minimum atomic E-state index is -0.158. The minimum absolute atomic E-state index is 0.0375. The van der Waals surface area contributed by atoms with Crippen molar-refractivity contribution in [1.82, 2.24) is 9.55 Å². The smallest absolute Gasteiger partial charge is 0.293 e. The van der Waals surface area contributed by atoms with Crippen molar-refractivity contribution in [3.8, 4) is 0 Å². The first-order chi connectivity index (χ1) is 8.22. The Hall–Kier alpha value is -1.40. The number of aliphatic hydroxyl groups excluding tert-OH is 1. The lowest BCUT2D eigenvalue weighted by molar-refractivity contribution is 0.170. The molecule has 0 aromatic carbocycles. The van der Waals surface area contributed by atoms with Crippen LogP contribution in [0.25, 0.3) is 0 Å². The Morgan fingerprint density at radius 3 is 3.00 bits per heavy atom. The van der Waals surface area contributed by atoms with Crippen molar-refractivity contribution >= 4 is 5.82 Å². The Labute approximate surface area is 100 Å². The van der Waals surface area contributed by atoms with Crippen LogP contribution in [-0.4, -0.2) is 41.0 Å². The highest BCUT2D eigenvalue weighted by Gasteiger charge is 2.11. The maximum absolute atomic E-state index is 11.9. The first kappa shape index (κ1) is 13.7. The van der Waals surface area contributed by atoms with E-state index in [1.54, 1.807) is 24.1 Å². The first-order valence-electron chi connectivity index (χ1n) is 5.64. The van der Waals surface area contributed by atoms with Gasteiger partial charge in [-0.2, -0.15) is 0 Å². The van der Waals surface area contributed by atoms with Gasteiger partial charge in [-0.05, 0) is 13.3 Å². The Bertz CT molecular complexity index is 386. The van der Waals surface area contributed by atoms with Gasteiger partial charge in [-0.25, -0.2) is 4.98 Å². The van der Waals surface area contributed by atoms with Crippen LogP contribution >= 0.6 is 0 Å². The van der Waals surface area contributed by atoms with Gasteiger partial charge in [0.2, 0.25) is 0 Å². The van der Waals surface area contributed by atoms with E-state index in [9.17, 15) is 4.79 Å². The van der Waals surface area contributed by atoms with Gasteiger partial charge < -0.3 is 19.7 Å². The van der Waals surface area contributed by atoms with Crippen LogP contribution in [0.5, 0.6) is 0 Å². The normalized spacial score (nSPS) is 12.4. The summed E-state index contributed by atoms with van der Waals surface area (Å²) in [5, 5.41) is 11.9. The van der Waals surface area contributed by atoms with Crippen LogP contribution in [0, 0.1) is 0 Å². The number of rotatable bonds is 7. The third-order valence-electron chi connectivity index (χ3n) is 2.44. The quantitative estimate of drug-likeness (QED) is 0.706. The molecule has 1 aromatic rings. The maximum Gasteiger partial charge on any atom is 0.293 e. The summed E-state index contributed by atoms with van der Waals surface area (Å²) in [7, 11) is 1.58. The maximum atomic E-state index is 11.9. The standard InChI is InChI=1S/C11H19N3O3/c1-3-14-6-5-12-10(11(14)16)13-9(4-7-15)8-17-2/h5-6,9,15H,3-4,7-8H2,1-2H3,(H,12,13). The van der Waals surface area contributed by atoms with Crippen LogP contribution in [0.4, 0.5) is 5.82 Å².